The number of halogens is 1. The molecule has 3 aliphatic heterocycles. The fourth-order valence-corrected chi connectivity index (χ4v) is 7.84. The van der Waals surface area contributed by atoms with Crippen molar-refractivity contribution in [2.75, 3.05) is 26.2 Å². The van der Waals surface area contributed by atoms with Crippen molar-refractivity contribution < 1.29 is 4.74 Å². The van der Waals surface area contributed by atoms with E-state index in [0.717, 1.165) is 19.5 Å². The summed E-state index contributed by atoms with van der Waals surface area (Å²) in [5, 5.41) is 11.8. The fourth-order valence-electron chi connectivity index (χ4n) is 7.32. The van der Waals surface area contributed by atoms with Crippen LogP contribution in [0.1, 0.15) is 77.6 Å². The lowest BCUT2D eigenvalue weighted by Gasteiger charge is -2.47. The van der Waals surface area contributed by atoms with Crippen LogP contribution >= 0.6 is 11.6 Å². The van der Waals surface area contributed by atoms with Gasteiger partial charge in [-0.15, -0.1) is 11.6 Å². The summed E-state index contributed by atoms with van der Waals surface area (Å²) in [7, 11) is 0. The number of alkyl halides is 1. The van der Waals surface area contributed by atoms with Gasteiger partial charge in [0.2, 0.25) is 0 Å². The molecule has 2 aliphatic carbocycles. The van der Waals surface area contributed by atoms with Crippen molar-refractivity contribution in [1.29, 1.82) is 0 Å². The predicted molar refractivity (Wildman–Crippen MR) is 128 cm³/mol. The van der Waals surface area contributed by atoms with Gasteiger partial charge in [0, 0.05) is 42.5 Å². The Morgan fingerprint density at radius 2 is 1.61 bits per heavy atom. The molecule has 3 saturated heterocycles. The Morgan fingerprint density at radius 1 is 0.871 bits per heavy atom. The Bertz CT molecular complexity index is 566. The maximum Gasteiger partial charge on any atom is 0.0615 e. The zero-order valence-electron chi connectivity index (χ0n) is 19.5. The molecule has 0 aromatic carbocycles. The number of rotatable bonds is 5. The van der Waals surface area contributed by atoms with Crippen molar-refractivity contribution in [3.8, 4) is 0 Å². The molecule has 6 heteroatoms. The number of piperidine rings is 2. The van der Waals surface area contributed by atoms with Crippen LogP contribution in [0.2, 0.25) is 0 Å². The molecule has 0 amide bonds. The zero-order chi connectivity index (χ0) is 21.2. The lowest BCUT2D eigenvalue weighted by molar-refractivity contribution is -0.0662. The Balaban J connectivity index is 1.10. The maximum atomic E-state index is 6.78. The molecule has 5 fully saturated rings. The zero-order valence-corrected chi connectivity index (χ0v) is 20.3. The Morgan fingerprint density at radius 3 is 2.42 bits per heavy atom. The van der Waals surface area contributed by atoms with E-state index in [4.69, 9.17) is 16.3 Å². The third-order valence-corrected chi connectivity index (χ3v) is 9.65. The second kappa shape index (κ2) is 10.6. The van der Waals surface area contributed by atoms with Crippen molar-refractivity contribution in [3.63, 3.8) is 0 Å². The summed E-state index contributed by atoms with van der Waals surface area (Å²) in [6.07, 6.45) is 15.5. The van der Waals surface area contributed by atoms with Crippen molar-refractivity contribution in [2.45, 2.75) is 119 Å². The number of ether oxygens (including phenoxy) is 1. The van der Waals surface area contributed by atoms with E-state index in [0.29, 0.717) is 53.7 Å². The van der Waals surface area contributed by atoms with Gasteiger partial charge in [-0.05, 0) is 70.4 Å². The second-order valence-electron chi connectivity index (χ2n) is 11.1. The SMILES string of the molecule is CC1C(NC2CC(Cl)C3CCNC3C2)NCCC1N1CCC(OC2CCCCC2)CC1. The highest BCUT2D eigenvalue weighted by atomic mass is 35.5. The maximum absolute atomic E-state index is 6.78. The normalized spacial score (nSPS) is 43.7. The van der Waals surface area contributed by atoms with Crippen molar-refractivity contribution in [2.24, 2.45) is 11.8 Å². The van der Waals surface area contributed by atoms with Gasteiger partial charge in [-0.1, -0.05) is 26.2 Å². The number of fused-ring (bicyclic) bond motifs is 1. The topological polar surface area (TPSA) is 48.6 Å². The Labute approximate surface area is 194 Å². The molecule has 3 N–H and O–H groups in total. The summed E-state index contributed by atoms with van der Waals surface area (Å²) < 4.78 is 6.49. The first kappa shape index (κ1) is 22.9. The molecular formula is C25H45ClN4O. The van der Waals surface area contributed by atoms with Crippen LogP contribution in [-0.2, 0) is 4.74 Å². The summed E-state index contributed by atoms with van der Waals surface area (Å²) in [5.41, 5.74) is 0. The first-order valence-electron chi connectivity index (χ1n) is 13.4. The standard InChI is InChI=1S/C25H45ClN4O/c1-17-24(30-13-9-20(10-14-30)31-19-5-3-2-4-6-19)8-12-28-25(17)29-18-15-22(26)21-7-11-27-23(21)16-18/h17-25,27-29H,2-16H2,1H3. The Kier molecular flexibility index (Phi) is 7.79. The fraction of sp³-hybridized carbons (Fsp3) is 1.00. The van der Waals surface area contributed by atoms with Gasteiger partial charge in [0.1, 0.15) is 0 Å². The van der Waals surface area contributed by atoms with Gasteiger partial charge in [0.25, 0.3) is 0 Å². The van der Waals surface area contributed by atoms with E-state index >= 15 is 0 Å². The number of hydrogen-bond acceptors (Lipinski definition) is 5. The van der Waals surface area contributed by atoms with Crippen LogP contribution in [0.15, 0.2) is 0 Å². The average Bonchev–Trinajstić information content (AvgIpc) is 3.26. The first-order valence-corrected chi connectivity index (χ1v) is 13.9. The predicted octanol–water partition coefficient (Wildman–Crippen LogP) is 3.46. The van der Waals surface area contributed by atoms with E-state index in [-0.39, 0.29) is 0 Å². The quantitative estimate of drug-likeness (QED) is 0.557. The van der Waals surface area contributed by atoms with Crippen LogP contribution < -0.4 is 16.0 Å². The summed E-state index contributed by atoms with van der Waals surface area (Å²) >= 11 is 6.78. The van der Waals surface area contributed by atoms with Gasteiger partial charge in [-0.25, -0.2) is 0 Å². The number of hydrogen-bond donors (Lipinski definition) is 3. The molecule has 5 rings (SSSR count). The highest BCUT2D eigenvalue weighted by Crippen LogP contribution is 2.35. The molecule has 5 nitrogen and oxygen atoms in total. The third kappa shape index (κ3) is 5.44. The van der Waals surface area contributed by atoms with Gasteiger partial charge in [-0.3, -0.25) is 10.2 Å². The molecule has 178 valence electrons. The third-order valence-electron chi connectivity index (χ3n) is 9.15. The van der Waals surface area contributed by atoms with E-state index in [2.05, 4.69) is 27.8 Å². The number of likely N-dealkylation sites (tertiary alicyclic amines) is 1. The minimum absolute atomic E-state index is 0.323. The van der Waals surface area contributed by atoms with Crippen molar-refractivity contribution >= 4 is 11.6 Å². The summed E-state index contributed by atoms with van der Waals surface area (Å²) in [4.78, 5) is 2.78. The van der Waals surface area contributed by atoms with E-state index in [1.807, 2.05) is 0 Å². The Hall–Kier alpha value is 0.0900. The van der Waals surface area contributed by atoms with Gasteiger partial charge in [0.15, 0.2) is 0 Å². The minimum Gasteiger partial charge on any atom is -0.375 e. The van der Waals surface area contributed by atoms with E-state index in [1.54, 1.807) is 0 Å². The van der Waals surface area contributed by atoms with Crippen LogP contribution in [0.5, 0.6) is 0 Å². The smallest absolute Gasteiger partial charge is 0.0615 e. The lowest BCUT2D eigenvalue weighted by Crippen LogP contribution is -2.63. The molecule has 0 spiro atoms. The molecule has 31 heavy (non-hydrogen) atoms. The molecule has 3 heterocycles. The molecular weight excluding hydrogens is 408 g/mol. The summed E-state index contributed by atoms with van der Waals surface area (Å²) in [6, 6.07) is 1.83. The van der Waals surface area contributed by atoms with Gasteiger partial charge in [-0.2, -0.15) is 0 Å². The molecule has 0 radical (unpaired) electrons. The summed E-state index contributed by atoms with van der Waals surface area (Å²) in [5.74, 6) is 1.30. The monoisotopic (exact) mass is 452 g/mol. The first-order chi connectivity index (χ1) is 15.2. The van der Waals surface area contributed by atoms with Crippen LogP contribution in [0.25, 0.3) is 0 Å². The summed E-state index contributed by atoms with van der Waals surface area (Å²) in [6.45, 7) is 7.13. The highest BCUT2D eigenvalue weighted by molar-refractivity contribution is 6.21. The minimum atomic E-state index is 0.323. The number of nitrogens with zero attached hydrogens (tertiary/aromatic N) is 1. The molecule has 5 aliphatic rings. The van der Waals surface area contributed by atoms with Crippen LogP contribution in [0.4, 0.5) is 0 Å². The van der Waals surface area contributed by atoms with Gasteiger partial charge >= 0.3 is 0 Å². The van der Waals surface area contributed by atoms with Gasteiger partial charge < -0.3 is 15.4 Å². The lowest BCUT2D eigenvalue weighted by atomic mass is 9.81. The van der Waals surface area contributed by atoms with Crippen molar-refractivity contribution in [1.82, 2.24) is 20.9 Å². The molecule has 2 saturated carbocycles. The largest absolute Gasteiger partial charge is 0.375 e. The van der Waals surface area contributed by atoms with E-state index in [9.17, 15) is 0 Å². The highest BCUT2D eigenvalue weighted by Gasteiger charge is 2.42. The van der Waals surface area contributed by atoms with Crippen LogP contribution in [0, 0.1) is 11.8 Å². The molecule has 7 unspecified atom stereocenters. The van der Waals surface area contributed by atoms with Crippen LogP contribution in [-0.4, -0.2) is 73.0 Å². The van der Waals surface area contributed by atoms with E-state index < -0.39 is 0 Å². The van der Waals surface area contributed by atoms with E-state index in [1.165, 1.54) is 77.3 Å². The molecule has 7 atom stereocenters. The number of nitrogens with one attached hydrogen (secondary N) is 3. The van der Waals surface area contributed by atoms with Crippen molar-refractivity contribution in [3.05, 3.63) is 0 Å². The average molecular weight is 453 g/mol. The second-order valence-corrected chi connectivity index (χ2v) is 11.7. The van der Waals surface area contributed by atoms with Gasteiger partial charge in [0.05, 0.1) is 18.4 Å². The van der Waals surface area contributed by atoms with Crippen LogP contribution in [0.3, 0.4) is 0 Å². The molecule has 0 bridgehead atoms. The molecule has 0 aromatic heterocycles. The molecule has 0 aromatic rings.